The van der Waals surface area contributed by atoms with E-state index in [1.54, 1.807) is 0 Å². The number of hydrogen-bond donors (Lipinski definition) is 0. The van der Waals surface area contributed by atoms with Crippen molar-refractivity contribution < 1.29 is 13.3 Å². The van der Waals surface area contributed by atoms with Crippen molar-refractivity contribution in [2.75, 3.05) is 19.8 Å². The third-order valence-corrected chi connectivity index (χ3v) is 13.6. The molecule has 3 nitrogen and oxygen atoms in total. The lowest BCUT2D eigenvalue weighted by atomic mass is 9.95. The lowest BCUT2D eigenvalue weighted by molar-refractivity contribution is 0.191. The van der Waals surface area contributed by atoms with Crippen LogP contribution in [0.25, 0.3) is 0 Å². The van der Waals surface area contributed by atoms with Crippen LogP contribution in [0, 0.1) is 5.92 Å². The molecule has 0 aromatic rings. The van der Waals surface area contributed by atoms with Crippen LogP contribution in [0.4, 0.5) is 0 Å². The molecule has 23 heavy (non-hydrogen) atoms. The maximum Gasteiger partial charge on any atom is 0.367 e. The number of rotatable bonds is 10. The minimum absolute atomic E-state index is 0.622. The summed E-state index contributed by atoms with van der Waals surface area (Å²) in [5, 5.41) is 1.41. The second-order valence-corrected chi connectivity index (χ2v) is 15.0. The van der Waals surface area contributed by atoms with Gasteiger partial charge < -0.3 is 13.3 Å². The molecule has 0 aromatic heterocycles. The molecule has 0 aliphatic heterocycles. The number of hydrogen-bond acceptors (Lipinski definition) is 3. The number of allylic oxidation sites excluding steroid dienone is 4. The second kappa shape index (κ2) is 9.32. The second-order valence-electron chi connectivity index (χ2n) is 7.08. The molecule has 1 aliphatic rings. The Balaban J connectivity index is 3.13. The van der Waals surface area contributed by atoms with Gasteiger partial charge in [0.15, 0.2) is 8.32 Å². The molecule has 0 saturated carbocycles. The first-order chi connectivity index (χ1) is 10.8. The molecule has 0 atom stereocenters. The first-order valence-corrected chi connectivity index (χ1v) is 14.3. The molecule has 1 aliphatic carbocycles. The Kier molecular flexibility index (Phi) is 8.45. The van der Waals surface area contributed by atoms with E-state index < -0.39 is 16.9 Å². The van der Waals surface area contributed by atoms with Gasteiger partial charge in [-0.15, -0.1) is 0 Å². The third kappa shape index (κ3) is 5.98. The summed E-state index contributed by atoms with van der Waals surface area (Å²) in [4.78, 5) is 0. The van der Waals surface area contributed by atoms with Crippen molar-refractivity contribution >= 4 is 16.9 Å². The van der Waals surface area contributed by atoms with Crippen LogP contribution >= 0.6 is 0 Å². The van der Waals surface area contributed by atoms with E-state index in [2.05, 4.69) is 59.9 Å². The highest BCUT2D eigenvalue weighted by Crippen LogP contribution is 2.35. The van der Waals surface area contributed by atoms with E-state index in [9.17, 15) is 0 Å². The van der Waals surface area contributed by atoms with Crippen LogP contribution in [0.2, 0.25) is 18.8 Å². The Bertz CT molecular complexity index is 422. The molecule has 0 unspecified atom stereocenters. The van der Waals surface area contributed by atoms with E-state index in [1.807, 2.05) is 0 Å². The molecular weight excluding hydrogens is 320 g/mol. The van der Waals surface area contributed by atoms with E-state index in [0.717, 1.165) is 25.1 Å². The molecular formula is C18H36O3Si2. The molecule has 0 fully saturated rings. The van der Waals surface area contributed by atoms with Gasteiger partial charge in [0.05, 0.1) is 0 Å². The minimum atomic E-state index is -2.38. The topological polar surface area (TPSA) is 27.7 Å². The fraction of sp³-hybridized carbons (Fsp3) is 0.778. The molecule has 0 heterocycles. The van der Waals surface area contributed by atoms with Gasteiger partial charge in [0.1, 0.15) is 0 Å². The largest absolute Gasteiger partial charge is 0.418 e. The maximum atomic E-state index is 6.36. The summed E-state index contributed by atoms with van der Waals surface area (Å²) in [5.74, 6) is 0.622. The van der Waals surface area contributed by atoms with E-state index in [-0.39, 0.29) is 0 Å². The zero-order chi connectivity index (χ0) is 17.5. The Morgan fingerprint density at radius 1 is 0.913 bits per heavy atom. The first kappa shape index (κ1) is 20.8. The van der Waals surface area contributed by atoms with Gasteiger partial charge in [-0.25, -0.2) is 0 Å². The van der Waals surface area contributed by atoms with E-state index >= 15 is 0 Å². The summed E-state index contributed by atoms with van der Waals surface area (Å²) >= 11 is 0. The molecule has 0 bridgehead atoms. The predicted molar refractivity (Wildman–Crippen MR) is 103 cm³/mol. The van der Waals surface area contributed by atoms with Crippen LogP contribution in [0.3, 0.4) is 0 Å². The van der Waals surface area contributed by atoms with Crippen LogP contribution in [-0.4, -0.2) is 36.7 Å². The van der Waals surface area contributed by atoms with Crippen LogP contribution in [0.1, 0.15) is 47.5 Å². The van der Waals surface area contributed by atoms with Gasteiger partial charge in [-0.2, -0.15) is 0 Å². The fourth-order valence-corrected chi connectivity index (χ4v) is 13.0. The zero-order valence-corrected chi connectivity index (χ0v) is 18.2. The van der Waals surface area contributed by atoms with Crippen molar-refractivity contribution in [3.8, 4) is 0 Å². The maximum absolute atomic E-state index is 6.36. The van der Waals surface area contributed by atoms with Gasteiger partial charge >= 0.3 is 8.56 Å². The highest BCUT2D eigenvalue weighted by molar-refractivity contribution is 6.91. The van der Waals surface area contributed by atoms with Crippen molar-refractivity contribution in [1.29, 1.82) is 0 Å². The molecule has 134 valence electrons. The summed E-state index contributed by atoms with van der Waals surface area (Å²) in [6.45, 7) is 17.5. The Hall–Kier alpha value is -0.206. The highest BCUT2D eigenvalue weighted by Gasteiger charge is 2.47. The van der Waals surface area contributed by atoms with E-state index in [4.69, 9.17) is 13.3 Å². The Labute approximate surface area is 145 Å². The van der Waals surface area contributed by atoms with Gasteiger partial charge in [0, 0.05) is 25.5 Å². The van der Waals surface area contributed by atoms with Crippen molar-refractivity contribution in [3.05, 3.63) is 22.9 Å². The normalized spacial score (nSPS) is 16.5. The monoisotopic (exact) mass is 356 g/mol. The Morgan fingerprint density at radius 3 is 1.87 bits per heavy atom. The molecule has 0 spiro atoms. The molecule has 0 radical (unpaired) electrons. The summed E-state index contributed by atoms with van der Waals surface area (Å²) in [6, 6.07) is 0. The SMILES string of the molecule is CCO[Si](C)(C)C[Si](OCC)(OCC)C1=CC=C(C(C)C)CC1. The van der Waals surface area contributed by atoms with Crippen LogP contribution < -0.4 is 0 Å². The van der Waals surface area contributed by atoms with Gasteiger partial charge in [-0.3, -0.25) is 0 Å². The predicted octanol–water partition coefficient (Wildman–Crippen LogP) is 5.12. The lowest BCUT2D eigenvalue weighted by Gasteiger charge is -2.38. The van der Waals surface area contributed by atoms with Crippen molar-refractivity contribution in [3.63, 3.8) is 0 Å². The molecule has 0 saturated heterocycles. The summed E-state index contributed by atoms with van der Waals surface area (Å²) < 4.78 is 18.8. The van der Waals surface area contributed by atoms with E-state index in [0.29, 0.717) is 19.1 Å². The highest BCUT2D eigenvalue weighted by atomic mass is 28.4. The van der Waals surface area contributed by atoms with E-state index in [1.165, 1.54) is 10.8 Å². The van der Waals surface area contributed by atoms with Crippen molar-refractivity contribution in [2.45, 2.75) is 66.2 Å². The fourth-order valence-electron chi connectivity index (χ4n) is 3.36. The summed E-state index contributed by atoms with van der Waals surface area (Å²) in [5.41, 5.74) is 2.51. The summed E-state index contributed by atoms with van der Waals surface area (Å²) in [6.07, 6.45) is 6.81. The smallest absolute Gasteiger partial charge is 0.367 e. The van der Waals surface area contributed by atoms with Gasteiger partial charge in [0.25, 0.3) is 0 Å². The van der Waals surface area contributed by atoms with Crippen LogP contribution in [0.5, 0.6) is 0 Å². The van der Waals surface area contributed by atoms with Crippen LogP contribution in [0.15, 0.2) is 22.9 Å². The average molecular weight is 357 g/mol. The van der Waals surface area contributed by atoms with Gasteiger partial charge in [-0.1, -0.05) is 31.6 Å². The molecule has 5 heteroatoms. The quantitative estimate of drug-likeness (QED) is 0.508. The molecule has 0 N–H and O–H groups in total. The van der Waals surface area contributed by atoms with Crippen LogP contribution in [-0.2, 0) is 13.3 Å². The zero-order valence-electron chi connectivity index (χ0n) is 16.2. The minimum Gasteiger partial charge on any atom is -0.418 e. The summed E-state index contributed by atoms with van der Waals surface area (Å²) in [7, 11) is -4.16. The Morgan fingerprint density at radius 2 is 1.48 bits per heavy atom. The van der Waals surface area contributed by atoms with Gasteiger partial charge in [0.2, 0.25) is 0 Å². The first-order valence-electron chi connectivity index (χ1n) is 9.12. The standard InChI is InChI=1S/C18H36O3Si2/c1-8-19-22(6,7)15-23(20-9-2,21-10-3)18-13-11-17(12-14-18)16(4)5/h11,13,16H,8-10,12,14-15H2,1-7H3. The van der Waals surface area contributed by atoms with Crippen molar-refractivity contribution in [2.24, 2.45) is 5.92 Å². The molecule has 1 rings (SSSR count). The lowest BCUT2D eigenvalue weighted by Crippen LogP contribution is -2.52. The molecule has 0 amide bonds. The average Bonchev–Trinajstić information content (AvgIpc) is 2.47. The van der Waals surface area contributed by atoms with Crippen molar-refractivity contribution in [1.82, 2.24) is 0 Å². The third-order valence-electron chi connectivity index (χ3n) is 4.36. The molecule has 0 aromatic carbocycles. The van der Waals surface area contributed by atoms with Gasteiger partial charge in [-0.05, 0) is 57.8 Å².